The summed E-state index contributed by atoms with van der Waals surface area (Å²) in [7, 11) is 0. The first-order valence-electron chi connectivity index (χ1n) is 7.07. The number of anilines is 2. The van der Waals surface area contributed by atoms with Gasteiger partial charge in [-0.05, 0) is 17.7 Å². The molecular formula is C17H16N4OS. The molecule has 3 rings (SSSR count). The number of ether oxygens (including phenoxy) is 1. The molecule has 0 atom stereocenters. The van der Waals surface area contributed by atoms with Crippen molar-refractivity contribution in [1.29, 1.82) is 0 Å². The molecule has 0 spiro atoms. The number of nitrogen functional groups attached to an aromatic ring is 1. The van der Waals surface area contributed by atoms with Crippen molar-refractivity contribution in [2.75, 3.05) is 11.2 Å². The molecule has 0 amide bonds. The standard InChI is InChI=1S/C17H16N4OS/c18-16-12-23-17(20-16)21-19-10-14-8-4-5-9-15(14)22-11-13-6-2-1-3-7-13/h1-10,12H,11,18H2,(H,20,21). The molecule has 1 heterocycles. The SMILES string of the molecule is Nc1csc(NN=Cc2ccccc2OCc2ccccc2)n1. The molecule has 23 heavy (non-hydrogen) atoms. The lowest BCUT2D eigenvalue weighted by molar-refractivity contribution is 0.306. The van der Waals surface area contributed by atoms with Crippen LogP contribution in [0.5, 0.6) is 5.75 Å². The summed E-state index contributed by atoms with van der Waals surface area (Å²) in [6.45, 7) is 0.516. The zero-order valence-electron chi connectivity index (χ0n) is 12.3. The first-order chi connectivity index (χ1) is 11.3. The zero-order chi connectivity index (χ0) is 15.9. The van der Waals surface area contributed by atoms with Gasteiger partial charge < -0.3 is 10.5 Å². The second kappa shape index (κ2) is 7.42. The van der Waals surface area contributed by atoms with Gasteiger partial charge >= 0.3 is 0 Å². The minimum absolute atomic E-state index is 0.485. The number of benzene rings is 2. The third-order valence-electron chi connectivity index (χ3n) is 3.04. The monoisotopic (exact) mass is 324 g/mol. The number of nitrogens with one attached hydrogen (secondary N) is 1. The lowest BCUT2D eigenvalue weighted by Gasteiger charge is -2.08. The Hall–Kier alpha value is -2.86. The van der Waals surface area contributed by atoms with E-state index in [-0.39, 0.29) is 0 Å². The van der Waals surface area contributed by atoms with E-state index in [9.17, 15) is 0 Å². The Labute approximate surface area is 138 Å². The summed E-state index contributed by atoms with van der Waals surface area (Å²) in [5, 5.41) is 6.59. The van der Waals surface area contributed by atoms with Crippen molar-refractivity contribution in [3.63, 3.8) is 0 Å². The fraction of sp³-hybridized carbons (Fsp3) is 0.0588. The molecule has 0 aliphatic heterocycles. The number of para-hydroxylation sites is 1. The lowest BCUT2D eigenvalue weighted by Crippen LogP contribution is -1.99. The highest BCUT2D eigenvalue weighted by molar-refractivity contribution is 7.14. The average Bonchev–Trinajstić information content (AvgIpc) is 3.00. The van der Waals surface area contributed by atoms with E-state index in [1.165, 1.54) is 11.3 Å². The molecule has 0 fully saturated rings. The second-order valence-electron chi connectivity index (χ2n) is 4.76. The molecule has 0 unspecified atom stereocenters. The molecule has 0 saturated carbocycles. The van der Waals surface area contributed by atoms with Gasteiger partial charge in [0.15, 0.2) is 0 Å². The van der Waals surface area contributed by atoms with Gasteiger partial charge in [-0.15, -0.1) is 11.3 Å². The largest absolute Gasteiger partial charge is 0.488 e. The number of nitrogens with zero attached hydrogens (tertiary/aromatic N) is 2. The van der Waals surface area contributed by atoms with Crippen LogP contribution in [0.25, 0.3) is 0 Å². The number of hydrazone groups is 1. The maximum Gasteiger partial charge on any atom is 0.205 e. The Morgan fingerprint density at radius 1 is 1.13 bits per heavy atom. The third kappa shape index (κ3) is 4.31. The highest BCUT2D eigenvalue weighted by Crippen LogP contribution is 2.19. The highest BCUT2D eigenvalue weighted by atomic mass is 32.1. The molecule has 1 aromatic heterocycles. The van der Waals surface area contributed by atoms with E-state index in [0.29, 0.717) is 17.6 Å². The summed E-state index contributed by atoms with van der Waals surface area (Å²) in [6, 6.07) is 17.8. The maximum atomic E-state index is 5.88. The molecule has 3 aromatic rings. The van der Waals surface area contributed by atoms with Gasteiger partial charge in [0.2, 0.25) is 5.13 Å². The molecule has 0 bridgehead atoms. The predicted molar refractivity (Wildman–Crippen MR) is 95.0 cm³/mol. The first-order valence-corrected chi connectivity index (χ1v) is 7.95. The number of thiazole rings is 1. The minimum atomic E-state index is 0.485. The van der Waals surface area contributed by atoms with Crippen LogP contribution in [-0.4, -0.2) is 11.2 Å². The third-order valence-corrected chi connectivity index (χ3v) is 3.81. The molecule has 0 aliphatic rings. The van der Waals surface area contributed by atoms with Crippen LogP contribution in [0, 0.1) is 0 Å². The Morgan fingerprint density at radius 3 is 2.70 bits per heavy atom. The lowest BCUT2D eigenvalue weighted by atomic mass is 10.2. The van der Waals surface area contributed by atoms with E-state index in [2.05, 4.69) is 15.5 Å². The summed E-state index contributed by atoms with van der Waals surface area (Å²) >= 11 is 1.40. The molecule has 0 saturated heterocycles. The molecule has 5 nitrogen and oxygen atoms in total. The van der Waals surface area contributed by atoms with E-state index in [0.717, 1.165) is 16.9 Å². The fourth-order valence-corrected chi connectivity index (χ4v) is 2.50. The van der Waals surface area contributed by atoms with Gasteiger partial charge in [0.25, 0.3) is 0 Å². The van der Waals surface area contributed by atoms with E-state index in [4.69, 9.17) is 10.5 Å². The predicted octanol–water partition coefficient (Wildman–Crippen LogP) is 3.75. The minimum Gasteiger partial charge on any atom is -0.488 e. The van der Waals surface area contributed by atoms with Crippen molar-refractivity contribution in [2.24, 2.45) is 5.10 Å². The van der Waals surface area contributed by atoms with Gasteiger partial charge in [0, 0.05) is 10.9 Å². The maximum absolute atomic E-state index is 5.88. The molecular weight excluding hydrogens is 308 g/mol. The van der Waals surface area contributed by atoms with Crippen LogP contribution in [-0.2, 0) is 6.61 Å². The van der Waals surface area contributed by atoms with Crippen molar-refractivity contribution in [1.82, 2.24) is 4.98 Å². The van der Waals surface area contributed by atoms with Crippen LogP contribution in [0.2, 0.25) is 0 Å². The van der Waals surface area contributed by atoms with Crippen molar-refractivity contribution in [3.05, 3.63) is 71.1 Å². The molecule has 3 N–H and O–H groups in total. The second-order valence-corrected chi connectivity index (χ2v) is 5.62. The van der Waals surface area contributed by atoms with E-state index >= 15 is 0 Å². The summed E-state index contributed by atoms with van der Waals surface area (Å²) in [5.74, 6) is 1.26. The number of aromatic nitrogens is 1. The molecule has 6 heteroatoms. The molecule has 116 valence electrons. The Balaban J connectivity index is 1.65. The Bertz CT molecular complexity index is 786. The van der Waals surface area contributed by atoms with Gasteiger partial charge in [0.1, 0.15) is 18.2 Å². The van der Waals surface area contributed by atoms with Crippen molar-refractivity contribution < 1.29 is 4.74 Å². The summed E-state index contributed by atoms with van der Waals surface area (Å²) < 4.78 is 5.88. The zero-order valence-corrected chi connectivity index (χ0v) is 13.2. The van der Waals surface area contributed by atoms with Crippen LogP contribution in [0.3, 0.4) is 0 Å². The van der Waals surface area contributed by atoms with Crippen molar-refractivity contribution in [2.45, 2.75) is 6.61 Å². The fourth-order valence-electron chi connectivity index (χ4n) is 1.95. The average molecular weight is 324 g/mol. The quantitative estimate of drug-likeness (QED) is 0.535. The van der Waals surface area contributed by atoms with Crippen LogP contribution in [0.15, 0.2) is 65.1 Å². The summed E-state index contributed by atoms with van der Waals surface area (Å²) in [5.41, 5.74) is 10.4. The summed E-state index contributed by atoms with van der Waals surface area (Å²) in [4.78, 5) is 4.08. The topological polar surface area (TPSA) is 72.5 Å². The van der Waals surface area contributed by atoms with Gasteiger partial charge in [0.05, 0.1) is 6.21 Å². The van der Waals surface area contributed by atoms with Gasteiger partial charge in [-0.2, -0.15) is 5.10 Å². The van der Waals surface area contributed by atoms with Crippen molar-refractivity contribution >= 4 is 28.5 Å². The van der Waals surface area contributed by atoms with Crippen LogP contribution in [0.1, 0.15) is 11.1 Å². The molecule has 2 aromatic carbocycles. The van der Waals surface area contributed by atoms with Gasteiger partial charge in [-0.3, -0.25) is 5.43 Å². The van der Waals surface area contributed by atoms with Crippen LogP contribution >= 0.6 is 11.3 Å². The Morgan fingerprint density at radius 2 is 1.91 bits per heavy atom. The smallest absolute Gasteiger partial charge is 0.205 e. The summed E-state index contributed by atoms with van der Waals surface area (Å²) in [6.07, 6.45) is 1.71. The van der Waals surface area contributed by atoms with E-state index in [1.807, 2.05) is 54.6 Å². The van der Waals surface area contributed by atoms with Gasteiger partial charge in [-0.1, -0.05) is 42.5 Å². The van der Waals surface area contributed by atoms with E-state index in [1.54, 1.807) is 11.6 Å². The first kappa shape index (κ1) is 15.1. The molecule has 0 radical (unpaired) electrons. The number of hydrogen-bond donors (Lipinski definition) is 2. The molecule has 0 aliphatic carbocycles. The van der Waals surface area contributed by atoms with Gasteiger partial charge in [-0.25, -0.2) is 4.98 Å². The van der Waals surface area contributed by atoms with Crippen LogP contribution in [0.4, 0.5) is 10.9 Å². The van der Waals surface area contributed by atoms with Crippen molar-refractivity contribution in [3.8, 4) is 5.75 Å². The number of hydrogen-bond acceptors (Lipinski definition) is 6. The van der Waals surface area contributed by atoms with Crippen LogP contribution < -0.4 is 15.9 Å². The normalized spacial score (nSPS) is 10.8. The highest BCUT2D eigenvalue weighted by Gasteiger charge is 2.01. The van der Waals surface area contributed by atoms with E-state index < -0.39 is 0 Å². The Kier molecular flexibility index (Phi) is 4.85. The number of rotatable bonds is 6. The number of nitrogens with two attached hydrogens (primary N) is 1.